The van der Waals surface area contributed by atoms with Crippen molar-refractivity contribution in [1.82, 2.24) is 0 Å². The highest BCUT2D eigenvalue weighted by molar-refractivity contribution is 9.10. The van der Waals surface area contributed by atoms with Crippen LogP contribution in [0.4, 0.5) is 0 Å². The SMILES string of the molecule is CCC(N)Cc1cccc(Cl)c1Oc1ccc(Br)c(C)c1. The summed E-state index contributed by atoms with van der Waals surface area (Å²) in [5, 5.41) is 0.608. The second-order valence-corrected chi connectivity index (χ2v) is 6.38. The molecular formula is C17H19BrClNO. The van der Waals surface area contributed by atoms with Crippen LogP contribution in [0.3, 0.4) is 0 Å². The summed E-state index contributed by atoms with van der Waals surface area (Å²) < 4.78 is 7.07. The van der Waals surface area contributed by atoms with Crippen molar-refractivity contribution in [3.63, 3.8) is 0 Å². The molecule has 1 atom stereocenters. The van der Waals surface area contributed by atoms with Crippen LogP contribution in [0.5, 0.6) is 11.5 Å². The molecule has 0 radical (unpaired) electrons. The summed E-state index contributed by atoms with van der Waals surface area (Å²) in [6.07, 6.45) is 1.67. The van der Waals surface area contributed by atoms with Crippen LogP contribution in [-0.2, 0) is 6.42 Å². The Kier molecular flexibility index (Phi) is 5.68. The number of hydrogen-bond acceptors (Lipinski definition) is 2. The zero-order chi connectivity index (χ0) is 15.4. The fraction of sp³-hybridized carbons (Fsp3) is 0.294. The highest BCUT2D eigenvalue weighted by atomic mass is 79.9. The Morgan fingerprint density at radius 3 is 2.71 bits per heavy atom. The quantitative estimate of drug-likeness (QED) is 0.758. The molecule has 2 aromatic carbocycles. The molecule has 1 unspecified atom stereocenters. The summed E-state index contributed by atoms with van der Waals surface area (Å²) in [7, 11) is 0. The molecule has 2 N–H and O–H groups in total. The first kappa shape index (κ1) is 16.3. The van der Waals surface area contributed by atoms with Gasteiger partial charge in [-0.05, 0) is 55.2 Å². The van der Waals surface area contributed by atoms with Crippen molar-refractivity contribution in [2.75, 3.05) is 0 Å². The third kappa shape index (κ3) is 4.22. The van der Waals surface area contributed by atoms with Crippen molar-refractivity contribution in [2.45, 2.75) is 32.7 Å². The molecule has 21 heavy (non-hydrogen) atoms. The topological polar surface area (TPSA) is 35.2 Å². The molecule has 0 heterocycles. The largest absolute Gasteiger partial charge is 0.456 e. The van der Waals surface area contributed by atoms with Crippen LogP contribution in [-0.4, -0.2) is 6.04 Å². The Balaban J connectivity index is 2.31. The molecule has 0 saturated heterocycles. The third-order valence-electron chi connectivity index (χ3n) is 3.40. The van der Waals surface area contributed by atoms with E-state index in [1.165, 1.54) is 0 Å². The molecule has 2 nitrogen and oxygen atoms in total. The van der Waals surface area contributed by atoms with Crippen molar-refractivity contribution in [1.29, 1.82) is 0 Å². The average molecular weight is 369 g/mol. The minimum absolute atomic E-state index is 0.109. The van der Waals surface area contributed by atoms with E-state index in [-0.39, 0.29) is 6.04 Å². The van der Waals surface area contributed by atoms with Crippen molar-refractivity contribution in [2.24, 2.45) is 5.73 Å². The van der Waals surface area contributed by atoms with Gasteiger partial charge in [0.05, 0.1) is 5.02 Å². The normalized spacial score (nSPS) is 12.2. The highest BCUT2D eigenvalue weighted by Gasteiger charge is 2.12. The number of nitrogens with two attached hydrogens (primary N) is 1. The van der Waals surface area contributed by atoms with Crippen LogP contribution < -0.4 is 10.5 Å². The average Bonchev–Trinajstić information content (AvgIpc) is 2.46. The van der Waals surface area contributed by atoms with Crippen molar-refractivity contribution < 1.29 is 4.74 Å². The maximum Gasteiger partial charge on any atom is 0.149 e. The van der Waals surface area contributed by atoms with E-state index in [0.29, 0.717) is 10.8 Å². The number of aryl methyl sites for hydroxylation is 1. The van der Waals surface area contributed by atoms with Gasteiger partial charge in [0.15, 0.2) is 0 Å². The summed E-state index contributed by atoms with van der Waals surface area (Å²) in [6, 6.07) is 11.8. The molecule has 0 saturated carbocycles. The minimum atomic E-state index is 0.109. The number of ether oxygens (including phenoxy) is 1. The summed E-state index contributed by atoms with van der Waals surface area (Å²) in [5.41, 5.74) is 8.21. The van der Waals surface area contributed by atoms with E-state index in [1.54, 1.807) is 0 Å². The van der Waals surface area contributed by atoms with Crippen LogP contribution in [0, 0.1) is 6.92 Å². The zero-order valence-corrected chi connectivity index (χ0v) is 14.5. The van der Waals surface area contributed by atoms with Gasteiger partial charge in [0, 0.05) is 10.5 Å². The molecule has 0 aliphatic carbocycles. The fourth-order valence-corrected chi connectivity index (χ4v) is 2.53. The van der Waals surface area contributed by atoms with Crippen molar-refractivity contribution in [3.8, 4) is 11.5 Å². The van der Waals surface area contributed by atoms with Gasteiger partial charge in [0.2, 0.25) is 0 Å². The van der Waals surface area contributed by atoms with Gasteiger partial charge in [0.1, 0.15) is 11.5 Å². The predicted octanol–water partition coefficient (Wildman–Crippen LogP) is 5.48. The van der Waals surface area contributed by atoms with E-state index in [0.717, 1.165) is 34.2 Å². The van der Waals surface area contributed by atoms with Crippen LogP contribution in [0.15, 0.2) is 40.9 Å². The molecule has 112 valence electrons. The lowest BCUT2D eigenvalue weighted by atomic mass is 10.0. The van der Waals surface area contributed by atoms with E-state index in [4.69, 9.17) is 22.1 Å². The molecule has 0 bridgehead atoms. The molecule has 0 amide bonds. The lowest BCUT2D eigenvalue weighted by molar-refractivity contribution is 0.472. The Labute approximate surface area is 139 Å². The summed E-state index contributed by atoms with van der Waals surface area (Å²) in [4.78, 5) is 0. The molecule has 0 aliphatic rings. The number of halogens is 2. The number of rotatable bonds is 5. The van der Waals surface area contributed by atoms with Gasteiger partial charge in [-0.15, -0.1) is 0 Å². The number of benzene rings is 2. The first-order chi connectivity index (χ1) is 10.0. The molecule has 0 aliphatic heterocycles. The zero-order valence-electron chi connectivity index (χ0n) is 12.2. The Morgan fingerprint density at radius 1 is 1.29 bits per heavy atom. The molecule has 0 aromatic heterocycles. The van der Waals surface area contributed by atoms with Crippen LogP contribution in [0.1, 0.15) is 24.5 Å². The first-order valence-electron chi connectivity index (χ1n) is 6.98. The van der Waals surface area contributed by atoms with E-state index >= 15 is 0 Å². The first-order valence-corrected chi connectivity index (χ1v) is 8.15. The van der Waals surface area contributed by atoms with E-state index in [2.05, 4.69) is 22.9 Å². The van der Waals surface area contributed by atoms with E-state index in [1.807, 2.05) is 43.3 Å². The number of para-hydroxylation sites is 1. The molecule has 2 aromatic rings. The van der Waals surface area contributed by atoms with Crippen LogP contribution >= 0.6 is 27.5 Å². The Hall–Kier alpha value is -1.03. The molecular weight excluding hydrogens is 350 g/mol. The lowest BCUT2D eigenvalue weighted by Gasteiger charge is -2.16. The smallest absolute Gasteiger partial charge is 0.149 e. The minimum Gasteiger partial charge on any atom is -0.456 e. The predicted molar refractivity (Wildman–Crippen MR) is 92.4 cm³/mol. The van der Waals surface area contributed by atoms with Gasteiger partial charge in [-0.25, -0.2) is 0 Å². The van der Waals surface area contributed by atoms with E-state index in [9.17, 15) is 0 Å². The van der Waals surface area contributed by atoms with Gasteiger partial charge in [-0.2, -0.15) is 0 Å². The highest BCUT2D eigenvalue weighted by Crippen LogP contribution is 2.34. The van der Waals surface area contributed by atoms with Crippen molar-refractivity contribution in [3.05, 3.63) is 57.0 Å². The van der Waals surface area contributed by atoms with Gasteiger partial charge in [-0.3, -0.25) is 0 Å². The van der Waals surface area contributed by atoms with Gasteiger partial charge < -0.3 is 10.5 Å². The molecule has 2 rings (SSSR count). The molecule has 0 spiro atoms. The fourth-order valence-electron chi connectivity index (χ4n) is 2.05. The maximum absolute atomic E-state index is 6.30. The van der Waals surface area contributed by atoms with Crippen LogP contribution in [0.25, 0.3) is 0 Å². The third-order valence-corrected chi connectivity index (χ3v) is 4.59. The summed E-state index contributed by atoms with van der Waals surface area (Å²) in [6.45, 7) is 4.10. The summed E-state index contributed by atoms with van der Waals surface area (Å²) in [5.74, 6) is 1.47. The van der Waals surface area contributed by atoms with Crippen LogP contribution in [0.2, 0.25) is 5.02 Å². The summed E-state index contributed by atoms with van der Waals surface area (Å²) >= 11 is 9.79. The monoisotopic (exact) mass is 367 g/mol. The number of hydrogen-bond donors (Lipinski definition) is 1. The molecule has 0 fully saturated rings. The Bertz CT molecular complexity index is 630. The second-order valence-electron chi connectivity index (χ2n) is 5.11. The Morgan fingerprint density at radius 2 is 2.05 bits per heavy atom. The van der Waals surface area contributed by atoms with Crippen molar-refractivity contribution >= 4 is 27.5 Å². The van der Waals surface area contributed by atoms with Gasteiger partial charge in [0.25, 0.3) is 0 Å². The lowest BCUT2D eigenvalue weighted by Crippen LogP contribution is -2.21. The van der Waals surface area contributed by atoms with E-state index < -0.39 is 0 Å². The standard InChI is InChI=1S/C17H19BrClNO/c1-3-13(20)10-12-5-4-6-16(19)17(12)21-14-7-8-15(18)11(2)9-14/h4-9,13H,3,10,20H2,1-2H3. The van der Waals surface area contributed by atoms with Gasteiger partial charge in [-0.1, -0.05) is 46.6 Å². The maximum atomic E-state index is 6.30. The second kappa shape index (κ2) is 7.30. The van der Waals surface area contributed by atoms with Gasteiger partial charge >= 0.3 is 0 Å². The molecule has 4 heteroatoms.